The highest BCUT2D eigenvalue weighted by atomic mass is 32.2. The first-order valence-corrected chi connectivity index (χ1v) is 6.01. The second kappa shape index (κ2) is 5.52. The molecule has 2 N–H and O–H groups in total. The van der Waals surface area contributed by atoms with Crippen molar-refractivity contribution >= 4 is 11.8 Å². The van der Waals surface area contributed by atoms with Gasteiger partial charge >= 0.3 is 0 Å². The van der Waals surface area contributed by atoms with Gasteiger partial charge in [0.15, 0.2) is 5.50 Å². The third-order valence-electron chi connectivity index (χ3n) is 2.34. The van der Waals surface area contributed by atoms with Gasteiger partial charge in [-0.05, 0) is 25.0 Å². The molecule has 0 fully saturated rings. The summed E-state index contributed by atoms with van der Waals surface area (Å²) in [6.45, 7) is 5.89. The van der Waals surface area contributed by atoms with Gasteiger partial charge in [0.05, 0.1) is 0 Å². The first-order chi connectivity index (χ1) is 7.00. The third kappa shape index (κ3) is 3.84. The summed E-state index contributed by atoms with van der Waals surface area (Å²) >= 11 is 1.20. The molecule has 0 saturated carbocycles. The van der Waals surface area contributed by atoms with Gasteiger partial charge < -0.3 is 5.73 Å². The molecule has 0 saturated heterocycles. The van der Waals surface area contributed by atoms with E-state index in [1.807, 2.05) is 45.0 Å². The fourth-order valence-corrected chi connectivity index (χ4v) is 2.15. The molecule has 1 nitrogen and oxygen atoms in total. The number of benzene rings is 1. The van der Waals surface area contributed by atoms with Crippen LogP contribution in [0.2, 0.25) is 0 Å². The van der Waals surface area contributed by atoms with Crippen LogP contribution in [0, 0.1) is 12.8 Å². The molecule has 1 unspecified atom stereocenters. The molecule has 0 aliphatic heterocycles. The molecule has 0 aliphatic rings. The quantitative estimate of drug-likeness (QED) is 0.798. The lowest BCUT2D eigenvalue weighted by molar-refractivity contribution is 0.332. The van der Waals surface area contributed by atoms with Gasteiger partial charge in [-0.3, -0.25) is 0 Å². The van der Waals surface area contributed by atoms with Gasteiger partial charge in [-0.2, -0.15) is 0 Å². The molecule has 15 heavy (non-hydrogen) atoms. The van der Waals surface area contributed by atoms with E-state index in [2.05, 4.69) is 0 Å². The van der Waals surface area contributed by atoms with Gasteiger partial charge in [0.2, 0.25) is 0 Å². The first kappa shape index (κ1) is 12.5. The van der Waals surface area contributed by atoms with Crippen molar-refractivity contribution in [2.24, 2.45) is 11.7 Å². The van der Waals surface area contributed by atoms with Crippen LogP contribution < -0.4 is 5.73 Å². The summed E-state index contributed by atoms with van der Waals surface area (Å²) in [6, 6.07) is 7.42. The predicted molar refractivity (Wildman–Crippen MR) is 64.7 cm³/mol. The first-order valence-electron chi connectivity index (χ1n) is 5.13. The van der Waals surface area contributed by atoms with Crippen molar-refractivity contribution in [2.75, 3.05) is 0 Å². The summed E-state index contributed by atoms with van der Waals surface area (Å²) in [5.41, 5.74) is 5.89. The Morgan fingerprint density at radius 1 is 1.20 bits per heavy atom. The van der Waals surface area contributed by atoms with Gasteiger partial charge in [-0.1, -0.05) is 43.3 Å². The molecule has 0 heterocycles. The molecule has 1 rings (SSSR count). The monoisotopic (exact) mass is 227 g/mol. The Hall–Kier alpha value is -0.540. The molecule has 0 amide bonds. The van der Waals surface area contributed by atoms with E-state index in [1.54, 1.807) is 0 Å². The van der Waals surface area contributed by atoms with Crippen LogP contribution in [0.3, 0.4) is 0 Å². The number of halogens is 1. The summed E-state index contributed by atoms with van der Waals surface area (Å²) in [5, 5.41) is 0. The number of alkyl halides is 1. The normalized spacial score (nSPS) is 15.3. The SMILES string of the molecule is Cc1ccc(SC(F)[C@@H](N)C(C)C)cc1. The van der Waals surface area contributed by atoms with Crippen LogP contribution in [-0.2, 0) is 0 Å². The zero-order chi connectivity index (χ0) is 11.4. The van der Waals surface area contributed by atoms with Crippen LogP contribution in [0.25, 0.3) is 0 Å². The number of hydrogen-bond acceptors (Lipinski definition) is 2. The summed E-state index contributed by atoms with van der Waals surface area (Å²) in [4.78, 5) is 0.934. The zero-order valence-corrected chi connectivity index (χ0v) is 10.2. The molecule has 0 aliphatic carbocycles. The molecule has 0 spiro atoms. The summed E-state index contributed by atoms with van der Waals surface area (Å²) in [7, 11) is 0. The smallest absolute Gasteiger partial charge is 0.165 e. The standard InChI is InChI=1S/C12H18FNS/c1-8(2)11(14)12(13)15-10-6-4-9(3)5-7-10/h4-8,11-12H,14H2,1-3H3/t11-,12?/m0/s1. The topological polar surface area (TPSA) is 26.0 Å². The van der Waals surface area contributed by atoms with E-state index in [9.17, 15) is 4.39 Å². The number of thioether (sulfide) groups is 1. The number of rotatable bonds is 4. The van der Waals surface area contributed by atoms with Gasteiger partial charge in [-0.15, -0.1) is 0 Å². The molecule has 0 radical (unpaired) electrons. The van der Waals surface area contributed by atoms with Crippen molar-refractivity contribution in [3.05, 3.63) is 29.8 Å². The van der Waals surface area contributed by atoms with Crippen LogP contribution in [-0.4, -0.2) is 11.5 Å². The lowest BCUT2D eigenvalue weighted by Crippen LogP contribution is -2.34. The van der Waals surface area contributed by atoms with Crippen molar-refractivity contribution in [1.82, 2.24) is 0 Å². The van der Waals surface area contributed by atoms with Crippen molar-refractivity contribution in [1.29, 1.82) is 0 Å². The Morgan fingerprint density at radius 2 is 1.73 bits per heavy atom. The molecule has 1 aromatic carbocycles. The number of hydrogen-bond donors (Lipinski definition) is 1. The average Bonchev–Trinajstić information content (AvgIpc) is 2.20. The fraction of sp³-hybridized carbons (Fsp3) is 0.500. The van der Waals surface area contributed by atoms with Gasteiger partial charge in [0, 0.05) is 10.9 Å². The number of nitrogens with two attached hydrogens (primary N) is 1. The molecular formula is C12H18FNS. The number of aryl methyl sites for hydroxylation is 1. The van der Waals surface area contributed by atoms with Crippen molar-refractivity contribution in [2.45, 2.75) is 37.2 Å². The molecular weight excluding hydrogens is 209 g/mol. The second-order valence-electron chi connectivity index (χ2n) is 4.10. The van der Waals surface area contributed by atoms with Gasteiger partial charge in [0.25, 0.3) is 0 Å². The molecule has 1 aromatic rings. The minimum absolute atomic E-state index is 0.165. The van der Waals surface area contributed by atoms with Crippen molar-refractivity contribution in [3.8, 4) is 0 Å². The Balaban J connectivity index is 2.58. The minimum Gasteiger partial charge on any atom is -0.324 e. The van der Waals surface area contributed by atoms with E-state index >= 15 is 0 Å². The van der Waals surface area contributed by atoms with E-state index in [1.165, 1.54) is 17.3 Å². The highest BCUT2D eigenvalue weighted by molar-refractivity contribution is 7.99. The van der Waals surface area contributed by atoms with E-state index in [4.69, 9.17) is 5.73 Å². The molecule has 3 heteroatoms. The maximum atomic E-state index is 13.7. The second-order valence-corrected chi connectivity index (χ2v) is 5.26. The fourth-order valence-electron chi connectivity index (χ4n) is 1.13. The summed E-state index contributed by atoms with van der Waals surface area (Å²) in [6.07, 6.45) is 0. The average molecular weight is 227 g/mol. The summed E-state index contributed by atoms with van der Waals surface area (Å²) in [5.74, 6) is 0.165. The van der Waals surface area contributed by atoms with Crippen molar-refractivity contribution in [3.63, 3.8) is 0 Å². The lowest BCUT2D eigenvalue weighted by atomic mass is 10.1. The van der Waals surface area contributed by atoms with E-state index in [-0.39, 0.29) is 5.92 Å². The van der Waals surface area contributed by atoms with Crippen LogP contribution in [0.1, 0.15) is 19.4 Å². The molecule has 84 valence electrons. The maximum absolute atomic E-state index is 13.7. The molecule has 0 bridgehead atoms. The minimum atomic E-state index is -1.03. The third-order valence-corrected chi connectivity index (χ3v) is 3.43. The summed E-state index contributed by atoms with van der Waals surface area (Å²) < 4.78 is 13.7. The maximum Gasteiger partial charge on any atom is 0.165 e. The van der Waals surface area contributed by atoms with Gasteiger partial charge in [0.1, 0.15) is 0 Å². The highest BCUT2D eigenvalue weighted by Crippen LogP contribution is 2.28. The molecule has 2 atom stereocenters. The van der Waals surface area contributed by atoms with Crippen LogP contribution in [0.5, 0.6) is 0 Å². The highest BCUT2D eigenvalue weighted by Gasteiger charge is 2.20. The Bertz CT molecular complexity index is 297. The van der Waals surface area contributed by atoms with Gasteiger partial charge in [-0.25, -0.2) is 4.39 Å². The van der Waals surface area contributed by atoms with E-state index in [0.29, 0.717) is 0 Å². The van der Waals surface area contributed by atoms with Crippen molar-refractivity contribution < 1.29 is 4.39 Å². The van der Waals surface area contributed by atoms with E-state index < -0.39 is 11.5 Å². The van der Waals surface area contributed by atoms with Crippen LogP contribution in [0.4, 0.5) is 4.39 Å². The molecule has 0 aromatic heterocycles. The Morgan fingerprint density at radius 3 is 2.20 bits per heavy atom. The Labute approximate surface area is 95.2 Å². The zero-order valence-electron chi connectivity index (χ0n) is 9.41. The largest absolute Gasteiger partial charge is 0.324 e. The Kier molecular flexibility index (Phi) is 4.61. The predicted octanol–water partition coefficient (Wildman–Crippen LogP) is 3.37. The van der Waals surface area contributed by atoms with Crippen LogP contribution in [0.15, 0.2) is 29.2 Å². The lowest BCUT2D eigenvalue weighted by Gasteiger charge is -2.19. The van der Waals surface area contributed by atoms with Crippen LogP contribution >= 0.6 is 11.8 Å². The van der Waals surface area contributed by atoms with E-state index in [0.717, 1.165) is 4.90 Å².